The standard InChI is InChI=1S/C24H24N4O6S2/c1-33-21-19-15-9-5-7-11-17(15)23(13-25,27(21)35(3,29)30)24(14-26)18-12-8-6-10-16(18)20(19)22(34-2)28(24)36(4,31)32/h5-12,19-22H,1-4H3/t19-,20+,21-,22+,23+,24-. The number of hydrogen-bond donors (Lipinski definition) is 0. The number of fused-ring (bicyclic) bond motifs is 2. The molecule has 0 aromatic heterocycles. The van der Waals surface area contributed by atoms with Crippen molar-refractivity contribution in [3.8, 4) is 12.1 Å². The van der Waals surface area contributed by atoms with Gasteiger partial charge < -0.3 is 9.47 Å². The minimum absolute atomic E-state index is 0.237. The second kappa shape index (κ2) is 7.83. The lowest BCUT2D eigenvalue weighted by atomic mass is 9.55. The normalized spacial score (nSPS) is 33.6. The molecule has 12 heteroatoms. The van der Waals surface area contributed by atoms with Crippen molar-refractivity contribution in [2.45, 2.75) is 35.4 Å². The van der Waals surface area contributed by atoms with E-state index in [2.05, 4.69) is 12.1 Å². The van der Waals surface area contributed by atoms with Gasteiger partial charge in [0.1, 0.15) is 12.5 Å². The molecule has 0 radical (unpaired) electrons. The Balaban J connectivity index is 2.16. The number of nitriles is 2. The fraction of sp³-hybridized carbons (Fsp3) is 0.417. The largest absolute Gasteiger partial charge is 0.365 e. The number of sulfonamides is 2. The van der Waals surface area contributed by atoms with E-state index in [1.165, 1.54) is 14.2 Å². The van der Waals surface area contributed by atoms with Gasteiger partial charge in [-0.3, -0.25) is 0 Å². The van der Waals surface area contributed by atoms with Gasteiger partial charge in [-0.1, -0.05) is 48.5 Å². The van der Waals surface area contributed by atoms with Crippen molar-refractivity contribution in [2.75, 3.05) is 26.7 Å². The topological polar surface area (TPSA) is 141 Å². The first kappa shape index (κ1) is 24.8. The van der Waals surface area contributed by atoms with E-state index in [9.17, 15) is 27.4 Å². The van der Waals surface area contributed by atoms with Crippen molar-refractivity contribution in [1.82, 2.24) is 8.61 Å². The highest BCUT2D eigenvalue weighted by Crippen LogP contribution is 2.66. The fourth-order valence-electron chi connectivity index (χ4n) is 6.64. The van der Waals surface area contributed by atoms with Gasteiger partial charge in [0.15, 0.2) is 11.1 Å². The van der Waals surface area contributed by atoms with Crippen LogP contribution in [0.1, 0.15) is 34.1 Å². The molecule has 36 heavy (non-hydrogen) atoms. The second-order valence-corrected chi connectivity index (χ2v) is 13.0. The number of benzene rings is 2. The van der Waals surface area contributed by atoms with Crippen LogP contribution in [0, 0.1) is 22.7 Å². The Bertz CT molecular complexity index is 1450. The molecule has 0 N–H and O–H groups in total. The van der Waals surface area contributed by atoms with Crippen LogP contribution in [0.2, 0.25) is 0 Å². The Morgan fingerprint density at radius 2 is 1.06 bits per heavy atom. The summed E-state index contributed by atoms with van der Waals surface area (Å²) in [5, 5.41) is 22.1. The van der Waals surface area contributed by atoms with Gasteiger partial charge in [0.25, 0.3) is 0 Å². The molecule has 2 aliphatic heterocycles. The first-order valence-electron chi connectivity index (χ1n) is 11.0. The van der Waals surface area contributed by atoms with Crippen molar-refractivity contribution in [3.63, 3.8) is 0 Å². The molecular formula is C24H24N4O6S2. The SMILES string of the molecule is CO[C@@H]1[C@@H]2c3ccccc3[C@](C#N)(N1S(C)(=O)=O)[C@@]1(C#N)c3ccccc3[C@@H]2[C@H](OC)N1S(C)(=O)=O. The smallest absolute Gasteiger partial charge is 0.215 e. The maximum Gasteiger partial charge on any atom is 0.215 e. The highest BCUT2D eigenvalue weighted by molar-refractivity contribution is 7.88. The Hall–Kier alpha value is -2.84. The van der Waals surface area contributed by atoms with Crippen molar-refractivity contribution in [2.24, 2.45) is 0 Å². The van der Waals surface area contributed by atoms with E-state index in [4.69, 9.17) is 9.47 Å². The van der Waals surface area contributed by atoms with Crippen LogP contribution >= 0.6 is 0 Å². The lowest BCUT2D eigenvalue weighted by Crippen LogP contribution is -2.78. The fourth-order valence-corrected chi connectivity index (χ4v) is 9.37. The van der Waals surface area contributed by atoms with Crippen molar-refractivity contribution >= 4 is 20.0 Å². The van der Waals surface area contributed by atoms with Crippen LogP contribution in [-0.2, 0) is 40.6 Å². The molecule has 2 aromatic rings. The number of methoxy groups -OCH3 is 2. The van der Waals surface area contributed by atoms with Gasteiger partial charge in [-0.2, -0.15) is 10.5 Å². The molecule has 1 aliphatic carbocycles. The minimum atomic E-state index is -4.26. The maximum absolute atomic E-state index is 13.5. The van der Waals surface area contributed by atoms with Crippen molar-refractivity contribution in [1.29, 1.82) is 10.5 Å². The molecule has 0 fully saturated rings. The number of hydrogen-bond acceptors (Lipinski definition) is 8. The molecular weight excluding hydrogens is 504 g/mol. The molecule has 0 saturated heterocycles. The molecule has 6 atom stereocenters. The number of nitrogens with zero attached hydrogens (tertiary/aromatic N) is 4. The van der Waals surface area contributed by atoms with E-state index in [0.717, 1.165) is 21.1 Å². The van der Waals surface area contributed by atoms with E-state index >= 15 is 0 Å². The summed E-state index contributed by atoms with van der Waals surface area (Å²) < 4.78 is 67.5. The third kappa shape index (κ3) is 2.72. The van der Waals surface area contributed by atoms with Gasteiger partial charge in [0.2, 0.25) is 20.0 Å². The molecule has 10 nitrogen and oxygen atoms in total. The summed E-state index contributed by atoms with van der Waals surface area (Å²) in [6.07, 6.45) is -0.581. The Morgan fingerprint density at radius 1 is 0.722 bits per heavy atom. The lowest BCUT2D eigenvalue weighted by Gasteiger charge is -2.65. The van der Waals surface area contributed by atoms with Crippen LogP contribution < -0.4 is 0 Å². The van der Waals surface area contributed by atoms with Gasteiger partial charge in [-0.05, 0) is 22.3 Å². The summed E-state index contributed by atoms with van der Waals surface area (Å²) in [4.78, 5) is 0. The van der Waals surface area contributed by atoms with Crippen LogP contribution in [-0.4, -0.2) is 64.6 Å². The van der Waals surface area contributed by atoms with Crippen LogP contribution in [0.3, 0.4) is 0 Å². The van der Waals surface area contributed by atoms with Crippen LogP contribution in [0.4, 0.5) is 0 Å². The Kier molecular flexibility index (Phi) is 5.40. The van der Waals surface area contributed by atoms with E-state index in [0.29, 0.717) is 11.1 Å². The molecule has 2 heterocycles. The van der Waals surface area contributed by atoms with Crippen LogP contribution in [0.15, 0.2) is 48.5 Å². The highest BCUT2D eigenvalue weighted by Gasteiger charge is 2.77. The monoisotopic (exact) mass is 528 g/mol. The molecule has 0 unspecified atom stereocenters. The van der Waals surface area contributed by atoms with E-state index in [-0.39, 0.29) is 11.1 Å². The van der Waals surface area contributed by atoms with Crippen LogP contribution in [0.5, 0.6) is 0 Å². The zero-order chi connectivity index (χ0) is 26.3. The van der Waals surface area contributed by atoms with Gasteiger partial charge in [0.05, 0.1) is 24.6 Å². The number of ether oxygens (including phenoxy) is 2. The molecule has 0 saturated carbocycles. The zero-order valence-electron chi connectivity index (χ0n) is 20.0. The van der Waals surface area contributed by atoms with Crippen molar-refractivity contribution in [3.05, 3.63) is 70.8 Å². The first-order valence-corrected chi connectivity index (χ1v) is 14.7. The molecule has 3 aliphatic rings. The minimum Gasteiger partial charge on any atom is -0.365 e. The average molecular weight is 529 g/mol. The Labute approximate surface area is 210 Å². The van der Waals surface area contributed by atoms with Gasteiger partial charge in [-0.15, -0.1) is 8.61 Å². The van der Waals surface area contributed by atoms with E-state index < -0.39 is 55.4 Å². The van der Waals surface area contributed by atoms with Crippen molar-refractivity contribution < 1.29 is 26.3 Å². The molecule has 4 bridgehead atoms. The molecule has 5 rings (SSSR count). The zero-order valence-corrected chi connectivity index (χ0v) is 21.6. The predicted octanol–water partition coefficient (Wildman–Crippen LogP) is 1.50. The molecule has 0 amide bonds. The summed E-state index contributed by atoms with van der Waals surface area (Å²) in [6.45, 7) is 0. The van der Waals surface area contributed by atoms with E-state index in [1.807, 2.05) is 0 Å². The first-order chi connectivity index (χ1) is 17.0. The molecule has 0 spiro atoms. The maximum atomic E-state index is 13.5. The third-order valence-corrected chi connectivity index (χ3v) is 9.98. The summed E-state index contributed by atoms with van der Waals surface area (Å²) in [5.74, 6) is -1.54. The van der Waals surface area contributed by atoms with Gasteiger partial charge >= 0.3 is 0 Å². The van der Waals surface area contributed by atoms with E-state index in [1.54, 1.807) is 48.5 Å². The highest BCUT2D eigenvalue weighted by atomic mass is 32.2. The van der Waals surface area contributed by atoms with Gasteiger partial charge in [0, 0.05) is 26.1 Å². The van der Waals surface area contributed by atoms with Crippen LogP contribution in [0.25, 0.3) is 0 Å². The average Bonchev–Trinajstić information content (AvgIpc) is 2.83. The predicted molar refractivity (Wildman–Crippen MR) is 128 cm³/mol. The molecule has 2 aromatic carbocycles. The second-order valence-electron chi connectivity index (χ2n) is 9.24. The van der Waals surface area contributed by atoms with Gasteiger partial charge in [-0.25, -0.2) is 16.8 Å². The number of rotatable bonds is 4. The summed E-state index contributed by atoms with van der Waals surface area (Å²) >= 11 is 0. The third-order valence-electron chi connectivity index (χ3n) is 7.59. The lowest BCUT2D eigenvalue weighted by molar-refractivity contribution is -0.164. The quantitative estimate of drug-likeness (QED) is 0.581. The Morgan fingerprint density at radius 3 is 1.33 bits per heavy atom. The summed E-state index contributed by atoms with van der Waals surface area (Å²) in [7, 11) is -5.86. The molecule has 188 valence electrons. The summed E-state index contributed by atoms with van der Waals surface area (Å²) in [5.41, 5.74) is -3.05. The summed E-state index contributed by atoms with van der Waals surface area (Å²) in [6, 6.07) is 17.8.